The molecule has 1 fully saturated rings. The number of benzene rings is 2. The van der Waals surface area contributed by atoms with Crippen LogP contribution in [0.25, 0.3) is 0 Å². The topological polar surface area (TPSA) is 84.7 Å². The Morgan fingerprint density at radius 2 is 1.85 bits per heavy atom. The molecular formula is C19H20ClN3O3. The average molecular weight is 374 g/mol. The standard InChI is InChI=1S/C19H20ClN3O3/c20-16-7-5-14(6-8-16)17-12-23(9-10-26-17)18(24)15-3-1-13(2-4-15)11-22-19(21)25/h1-8,17H,9-12H2,(H3,21,22,25). The second-order valence-corrected chi connectivity index (χ2v) is 6.51. The molecule has 1 atom stereocenters. The third-order valence-corrected chi connectivity index (χ3v) is 4.52. The van der Waals surface area contributed by atoms with Gasteiger partial charge in [0.25, 0.3) is 5.91 Å². The summed E-state index contributed by atoms with van der Waals surface area (Å²) in [7, 11) is 0. The average Bonchev–Trinajstić information content (AvgIpc) is 2.67. The number of primary amides is 1. The fourth-order valence-corrected chi connectivity index (χ4v) is 2.98. The number of nitrogens with two attached hydrogens (primary N) is 1. The van der Waals surface area contributed by atoms with Gasteiger partial charge >= 0.3 is 6.03 Å². The summed E-state index contributed by atoms with van der Waals surface area (Å²) in [6, 6.07) is 14.0. The predicted octanol–water partition coefficient (Wildman–Crippen LogP) is 2.72. The Labute approximate surface area is 156 Å². The van der Waals surface area contributed by atoms with Crippen LogP contribution in [0.5, 0.6) is 0 Å². The normalized spacial score (nSPS) is 17.0. The Bertz CT molecular complexity index is 778. The Kier molecular flexibility index (Phi) is 5.75. The minimum absolute atomic E-state index is 0.0401. The van der Waals surface area contributed by atoms with Crippen LogP contribution in [-0.4, -0.2) is 36.5 Å². The van der Waals surface area contributed by atoms with Gasteiger partial charge < -0.3 is 20.7 Å². The van der Waals surface area contributed by atoms with E-state index in [1.165, 1.54) is 0 Å². The molecule has 1 aliphatic heterocycles. The van der Waals surface area contributed by atoms with Crippen LogP contribution >= 0.6 is 11.6 Å². The Hall–Kier alpha value is -2.57. The molecular weight excluding hydrogens is 354 g/mol. The van der Waals surface area contributed by atoms with Crippen molar-refractivity contribution in [2.45, 2.75) is 12.6 Å². The van der Waals surface area contributed by atoms with E-state index in [2.05, 4.69) is 5.32 Å². The van der Waals surface area contributed by atoms with E-state index in [1.807, 2.05) is 24.3 Å². The highest BCUT2D eigenvalue weighted by Crippen LogP contribution is 2.24. The fraction of sp³-hybridized carbons (Fsp3) is 0.263. The number of carbonyl (C=O) groups is 2. The molecule has 136 valence electrons. The van der Waals surface area contributed by atoms with Crippen LogP contribution in [0.1, 0.15) is 27.6 Å². The van der Waals surface area contributed by atoms with Crippen molar-refractivity contribution in [3.05, 3.63) is 70.2 Å². The van der Waals surface area contributed by atoms with Crippen molar-refractivity contribution in [1.29, 1.82) is 0 Å². The summed E-state index contributed by atoms with van der Waals surface area (Å²) in [6.07, 6.45) is -0.163. The summed E-state index contributed by atoms with van der Waals surface area (Å²) in [6.45, 7) is 1.86. The zero-order chi connectivity index (χ0) is 18.5. The zero-order valence-corrected chi connectivity index (χ0v) is 14.9. The van der Waals surface area contributed by atoms with E-state index >= 15 is 0 Å². The number of hydrogen-bond acceptors (Lipinski definition) is 3. The first-order chi connectivity index (χ1) is 12.5. The monoisotopic (exact) mass is 373 g/mol. The second-order valence-electron chi connectivity index (χ2n) is 6.08. The van der Waals surface area contributed by atoms with Crippen molar-refractivity contribution in [1.82, 2.24) is 10.2 Å². The lowest BCUT2D eigenvalue weighted by Crippen LogP contribution is -2.42. The molecule has 1 saturated heterocycles. The molecule has 3 rings (SSSR count). The predicted molar refractivity (Wildman–Crippen MR) is 98.9 cm³/mol. The Morgan fingerprint density at radius 1 is 1.15 bits per heavy atom. The first-order valence-corrected chi connectivity index (χ1v) is 8.69. The van der Waals surface area contributed by atoms with Gasteiger partial charge in [0.05, 0.1) is 13.2 Å². The fourth-order valence-electron chi connectivity index (χ4n) is 2.85. The lowest BCUT2D eigenvalue weighted by molar-refractivity contribution is -0.0228. The molecule has 2 aromatic carbocycles. The van der Waals surface area contributed by atoms with Gasteiger partial charge in [0.2, 0.25) is 0 Å². The van der Waals surface area contributed by atoms with E-state index in [0.717, 1.165) is 11.1 Å². The van der Waals surface area contributed by atoms with Gasteiger partial charge in [-0.1, -0.05) is 35.9 Å². The number of ether oxygens (including phenoxy) is 1. The molecule has 1 aliphatic rings. The maximum Gasteiger partial charge on any atom is 0.312 e. The Morgan fingerprint density at radius 3 is 2.50 bits per heavy atom. The highest BCUT2D eigenvalue weighted by atomic mass is 35.5. The molecule has 2 aromatic rings. The first kappa shape index (κ1) is 18.2. The van der Waals surface area contributed by atoms with E-state index in [0.29, 0.717) is 36.8 Å². The first-order valence-electron chi connectivity index (χ1n) is 8.31. The number of hydrogen-bond donors (Lipinski definition) is 2. The number of morpholine rings is 1. The van der Waals surface area contributed by atoms with Gasteiger partial charge in [0, 0.05) is 23.7 Å². The highest BCUT2D eigenvalue weighted by molar-refractivity contribution is 6.30. The molecule has 1 unspecified atom stereocenters. The van der Waals surface area contributed by atoms with Gasteiger partial charge in [0.15, 0.2) is 0 Å². The van der Waals surface area contributed by atoms with Crippen LogP contribution in [0, 0.1) is 0 Å². The van der Waals surface area contributed by atoms with Crippen LogP contribution in [-0.2, 0) is 11.3 Å². The highest BCUT2D eigenvalue weighted by Gasteiger charge is 2.26. The quantitative estimate of drug-likeness (QED) is 0.864. The molecule has 26 heavy (non-hydrogen) atoms. The number of nitrogens with zero attached hydrogens (tertiary/aromatic N) is 1. The maximum atomic E-state index is 12.8. The molecule has 0 aliphatic carbocycles. The van der Waals surface area contributed by atoms with Crippen molar-refractivity contribution in [3.63, 3.8) is 0 Å². The van der Waals surface area contributed by atoms with Crippen molar-refractivity contribution in [2.24, 2.45) is 5.73 Å². The molecule has 0 spiro atoms. The molecule has 7 heteroatoms. The summed E-state index contributed by atoms with van der Waals surface area (Å²) in [4.78, 5) is 25.3. The SMILES string of the molecule is NC(=O)NCc1ccc(C(=O)N2CCOC(c3ccc(Cl)cc3)C2)cc1. The maximum absolute atomic E-state index is 12.8. The second kappa shape index (κ2) is 8.21. The van der Waals surface area contributed by atoms with Gasteiger partial charge in [-0.3, -0.25) is 4.79 Å². The van der Waals surface area contributed by atoms with Crippen LogP contribution in [0.4, 0.5) is 4.79 Å². The zero-order valence-electron chi connectivity index (χ0n) is 14.2. The lowest BCUT2D eigenvalue weighted by atomic mass is 10.1. The summed E-state index contributed by atoms with van der Waals surface area (Å²) in [5, 5.41) is 3.19. The van der Waals surface area contributed by atoms with Gasteiger partial charge in [0.1, 0.15) is 6.10 Å². The molecule has 0 bridgehead atoms. The number of nitrogens with one attached hydrogen (secondary N) is 1. The Balaban J connectivity index is 1.65. The molecule has 0 radical (unpaired) electrons. The van der Waals surface area contributed by atoms with Crippen molar-refractivity contribution in [2.75, 3.05) is 19.7 Å². The van der Waals surface area contributed by atoms with Gasteiger partial charge in [-0.25, -0.2) is 4.79 Å². The minimum atomic E-state index is -0.577. The van der Waals surface area contributed by atoms with E-state index in [9.17, 15) is 9.59 Å². The lowest BCUT2D eigenvalue weighted by Gasteiger charge is -2.33. The van der Waals surface area contributed by atoms with Gasteiger partial charge in [-0.05, 0) is 35.4 Å². The van der Waals surface area contributed by atoms with Gasteiger partial charge in [-0.15, -0.1) is 0 Å². The minimum Gasteiger partial charge on any atom is -0.370 e. The number of halogens is 1. The summed E-state index contributed by atoms with van der Waals surface area (Å²) in [5.74, 6) is -0.0401. The number of carbonyl (C=O) groups excluding carboxylic acids is 2. The van der Waals surface area contributed by atoms with Crippen molar-refractivity contribution < 1.29 is 14.3 Å². The van der Waals surface area contributed by atoms with Crippen LogP contribution in [0.15, 0.2) is 48.5 Å². The van der Waals surface area contributed by atoms with E-state index in [1.54, 1.807) is 29.2 Å². The van der Waals surface area contributed by atoms with Crippen LogP contribution in [0.2, 0.25) is 5.02 Å². The molecule has 3 N–H and O–H groups in total. The number of amides is 3. The van der Waals surface area contributed by atoms with Gasteiger partial charge in [-0.2, -0.15) is 0 Å². The molecule has 0 saturated carbocycles. The third kappa shape index (κ3) is 4.53. The number of urea groups is 1. The third-order valence-electron chi connectivity index (χ3n) is 4.26. The largest absolute Gasteiger partial charge is 0.370 e. The number of rotatable bonds is 4. The van der Waals surface area contributed by atoms with Crippen molar-refractivity contribution in [3.8, 4) is 0 Å². The molecule has 0 aromatic heterocycles. The van der Waals surface area contributed by atoms with E-state index in [-0.39, 0.29) is 12.0 Å². The van der Waals surface area contributed by atoms with Crippen molar-refractivity contribution >= 4 is 23.5 Å². The van der Waals surface area contributed by atoms with Crippen LogP contribution < -0.4 is 11.1 Å². The summed E-state index contributed by atoms with van der Waals surface area (Å²) < 4.78 is 5.80. The van der Waals surface area contributed by atoms with Crippen LogP contribution in [0.3, 0.4) is 0 Å². The molecule has 3 amide bonds. The van der Waals surface area contributed by atoms with E-state index < -0.39 is 6.03 Å². The molecule has 1 heterocycles. The summed E-state index contributed by atoms with van der Waals surface area (Å²) in [5.41, 5.74) is 7.53. The summed E-state index contributed by atoms with van der Waals surface area (Å²) >= 11 is 5.93. The smallest absolute Gasteiger partial charge is 0.312 e. The molecule has 6 nitrogen and oxygen atoms in total. The van der Waals surface area contributed by atoms with E-state index in [4.69, 9.17) is 22.1 Å².